The van der Waals surface area contributed by atoms with Crippen molar-refractivity contribution in [3.63, 3.8) is 0 Å². The Bertz CT molecular complexity index is 1130. The molecule has 0 amide bonds. The summed E-state index contributed by atoms with van der Waals surface area (Å²) in [6, 6.07) is 6.00. The molecule has 1 aromatic heterocycles. The molecule has 0 bridgehead atoms. The second kappa shape index (κ2) is 7.93. The van der Waals surface area contributed by atoms with Gasteiger partial charge >= 0.3 is 0 Å². The fraction of sp³-hybridized carbons (Fsp3) is 0.333. The van der Waals surface area contributed by atoms with Crippen LogP contribution in [-0.4, -0.2) is 64.9 Å². The summed E-state index contributed by atoms with van der Waals surface area (Å²) >= 11 is 1.03. The number of nitrogens with zero attached hydrogens (tertiary/aromatic N) is 3. The maximum Gasteiger partial charge on any atom is 0.297 e. The van der Waals surface area contributed by atoms with Crippen molar-refractivity contribution >= 4 is 33.6 Å². The fourth-order valence-corrected chi connectivity index (χ4v) is 5.36. The Labute approximate surface area is 182 Å². The second-order valence-corrected chi connectivity index (χ2v) is 9.65. The maximum absolute atomic E-state index is 12.7. The number of hydrogen-bond acceptors (Lipinski definition) is 12. The van der Waals surface area contributed by atoms with Crippen molar-refractivity contribution in [2.24, 2.45) is 0 Å². The molecule has 166 valence electrons. The van der Waals surface area contributed by atoms with E-state index >= 15 is 0 Å². The van der Waals surface area contributed by atoms with Gasteiger partial charge in [-0.25, -0.2) is 0 Å². The van der Waals surface area contributed by atoms with Gasteiger partial charge in [-0.3, -0.25) is 9.08 Å². The maximum atomic E-state index is 12.7. The molecule has 0 radical (unpaired) electrons. The van der Waals surface area contributed by atoms with Gasteiger partial charge in [-0.05, 0) is 19.1 Å². The lowest BCUT2D eigenvalue weighted by Crippen LogP contribution is -2.44. The van der Waals surface area contributed by atoms with Crippen LogP contribution in [0, 0.1) is 6.92 Å². The van der Waals surface area contributed by atoms with Crippen molar-refractivity contribution in [3.8, 4) is 5.88 Å². The Morgan fingerprint density at radius 2 is 2.00 bits per heavy atom. The minimum absolute atomic E-state index is 0.0950. The Morgan fingerprint density at radius 1 is 1.32 bits per heavy atom. The number of aliphatic hydroxyl groups excluding tert-OH is 2. The van der Waals surface area contributed by atoms with E-state index < -0.39 is 41.3 Å². The van der Waals surface area contributed by atoms with Gasteiger partial charge in [-0.2, -0.15) is 18.4 Å². The minimum atomic E-state index is -4.25. The molecule has 4 rings (SSSR count). The summed E-state index contributed by atoms with van der Waals surface area (Å²) in [5.74, 6) is -0.433. The normalized spacial score (nSPS) is 25.8. The number of benzene rings is 1. The summed E-state index contributed by atoms with van der Waals surface area (Å²) in [7, 11) is -4.25. The number of aromatic nitrogens is 2. The molecule has 0 aliphatic carbocycles. The minimum Gasteiger partial charge on any atom is -0.492 e. The van der Waals surface area contributed by atoms with Gasteiger partial charge in [0.2, 0.25) is 11.8 Å². The molecule has 5 N–H and O–H groups in total. The number of aromatic hydroxyl groups is 1. The van der Waals surface area contributed by atoms with Crippen molar-refractivity contribution in [1.29, 1.82) is 0 Å². The largest absolute Gasteiger partial charge is 0.492 e. The third kappa shape index (κ3) is 3.84. The zero-order valence-corrected chi connectivity index (χ0v) is 17.9. The number of nitrogens with two attached hydrogens (primary N) is 1. The summed E-state index contributed by atoms with van der Waals surface area (Å²) < 4.78 is 36.4. The van der Waals surface area contributed by atoms with E-state index in [1.165, 1.54) is 17.0 Å². The molecule has 1 aromatic carbocycles. The smallest absolute Gasteiger partial charge is 0.297 e. The lowest BCUT2D eigenvalue weighted by atomic mass is 10.1. The molecule has 31 heavy (non-hydrogen) atoms. The first-order chi connectivity index (χ1) is 14.6. The molecule has 0 spiro atoms. The van der Waals surface area contributed by atoms with Crippen molar-refractivity contribution in [1.82, 2.24) is 9.97 Å². The Morgan fingerprint density at radius 3 is 2.65 bits per heavy atom. The first-order valence-corrected chi connectivity index (χ1v) is 11.3. The number of anilines is 2. The number of rotatable bonds is 5. The van der Waals surface area contributed by atoms with Gasteiger partial charge in [-0.1, -0.05) is 36.0 Å². The monoisotopic (exact) mass is 468 g/mol. The molecule has 1 saturated heterocycles. The topological polar surface area (TPSA) is 168 Å². The van der Waals surface area contributed by atoms with Crippen LogP contribution in [0.2, 0.25) is 0 Å². The number of thioether (sulfide) groups is 1. The Balaban J connectivity index is 1.64. The van der Waals surface area contributed by atoms with Crippen LogP contribution in [0.5, 0.6) is 5.88 Å². The van der Waals surface area contributed by atoms with Crippen molar-refractivity contribution < 1.29 is 32.7 Å². The molecule has 3 heterocycles. The molecule has 4 atom stereocenters. The summed E-state index contributed by atoms with van der Waals surface area (Å²) in [5.41, 5.74) is 6.48. The van der Waals surface area contributed by atoms with Gasteiger partial charge in [-0.15, -0.1) is 0 Å². The SMILES string of the molecule is C=C1Sc2c(O)nc(N)nc2N1[C@@H]1O[C@H](CO)[C@H](OS(=O)(=O)c2ccc(C)cc2)[C@H]1O. The number of aryl methyl sites for hydroxylation is 1. The molecule has 1 fully saturated rings. The predicted molar refractivity (Wildman–Crippen MR) is 111 cm³/mol. The fourth-order valence-electron chi connectivity index (χ4n) is 3.35. The number of nitrogen functional groups attached to an aromatic ring is 1. The van der Waals surface area contributed by atoms with Crippen LogP contribution in [0.25, 0.3) is 0 Å². The second-order valence-electron chi connectivity index (χ2n) is 6.99. The highest BCUT2D eigenvalue weighted by atomic mass is 32.2. The van der Waals surface area contributed by atoms with E-state index in [-0.39, 0.29) is 27.4 Å². The molecule has 13 heteroatoms. The molecule has 11 nitrogen and oxygen atoms in total. The van der Waals surface area contributed by atoms with Gasteiger partial charge in [0, 0.05) is 0 Å². The van der Waals surface area contributed by atoms with Gasteiger partial charge in [0.15, 0.2) is 12.0 Å². The van der Waals surface area contributed by atoms with Crippen LogP contribution in [0.15, 0.2) is 45.7 Å². The average Bonchev–Trinajstić information content (AvgIpc) is 3.18. The molecule has 2 aromatic rings. The number of ether oxygens (including phenoxy) is 1. The summed E-state index contributed by atoms with van der Waals surface area (Å²) in [5, 5.41) is 31.0. The van der Waals surface area contributed by atoms with Crippen LogP contribution in [0.1, 0.15) is 5.56 Å². The number of fused-ring (bicyclic) bond motifs is 1. The quantitative estimate of drug-likeness (QED) is 0.444. The van der Waals surface area contributed by atoms with Crippen LogP contribution >= 0.6 is 11.8 Å². The Kier molecular flexibility index (Phi) is 5.57. The van der Waals surface area contributed by atoms with E-state index in [1.807, 2.05) is 6.92 Å². The first-order valence-electron chi connectivity index (χ1n) is 9.09. The van der Waals surface area contributed by atoms with E-state index in [0.717, 1.165) is 17.3 Å². The zero-order valence-electron chi connectivity index (χ0n) is 16.2. The van der Waals surface area contributed by atoms with E-state index in [1.54, 1.807) is 12.1 Å². The molecule has 2 aliphatic heterocycles. The van der Waals surface area contributed by atoms with Gasteiger partial charge in [0.05, 0.1) is 16.5 Å². The highest BCUT2D eigenvalue weighted by molar-refractivity contribution is 8.03. The standard InChI is InChI=1S/C18H20N4O7S2/c1-8-3-5-10(6-4-8)31(26,27)29-13-11(7-23)28-17(12(13)24)22-9(2)30-14-15(22)20-18(19)21-16(14)25/h3-6,11-13,17,23-24H,2,7H2,1H3,(H3,19,20,21,25)/t11-,12-,13+,17-/m1/s1. The third-order valence-corrected chi connectivity index (χ3v) is 7.18. The highest BCUT2D eigenvalue weighted by Crippen LogP contribution is 2.50. The van der Waals surface area contributed by atoms with Crippen molar-refractivity contribution in [2.45, 2.75) is 41.3 Å². The van der Waals surface area contributed by atoms with Gasteiger partial charge < -0.3 is 25.8 Å². The number of hydrogen-bond donors (Lipinski definition) is 4. The third-order valence-electron chi connectivity index (χ3n) is 4.86. The lowest BCUT2D eigenvalue weighted by Gasteiger charge is -2.28. The highest BCUT2D eigenvalue weighted by Gasteiger charge is 2.52. The van der Waals surface area contributed by atoms with E-state index in [4.69, 9.17) is 14.7 Å². The average molecular weight is 469 g/mol. The van der Waals surface area contributed by atoms with Gasteiger partial charge in [0.25, 0.3) is 10.1 Å². The molecular weight excluding hydrogens is 448 g/mol. The van der Waals surface area contributed by atoms with E-state index in [0.29, 0.717) is 5.03 Å². The molecule has 0 unspecified atom stereocenters. The lowest BCUT2D eigenvalue weighted by molar-refractivity contribution is -0.0150. The summed E-state index contributed by atoms with van der Waals surface area (Å²) in [4.78, 5) is 9.27. The van der Waals surface area contributed by atoms with Gasteiger partial charge in [0.1, 0.15) is 23.2 Å². The van der Waals surface area contributed by atoms with Crippen molar-refractivity contribution in [2.75, 3.05) is 17.2 Å². The summed E-state index contributed by atoms with van der Waals surface area (Å²) in [6.07, 6.45) is -5.28. The van der Waals surface area contributed by atoms with Crippen LogP contribution in [0.3, 0.4) is 0 Å². The zero-order chi connectivity index (χ0) is 22.5. The molecule has 0 saturated carbocycles. The van der Waals surface area contributed by atoms with E-state index in [9.17, 15) is 23.7 Å². The first kappa shape index (κ1) is 21.8. The predicted octanol–water partition coefficient (Wildman–Crippen LogP) is 0.308. The molecular formula is C18H20N4O7S2. The molecule has 2 aliphatic rings. The van der Waals surface area contributed by atoms with E-state index in [2.05, 4.69) is 16.5 Å². The van der Waals surface area contributed by atoms with Crippen LogP contribution in [-0.2, 0) is 19.0 Å². The Hall–Kier alpha value is -2.42. The number of aliphatic hydroxyl groups is 2. The van der Waals surface area contributed by atoms with Crippen LogP contribution < -0.4 is 10.6 Å². The van der Waals surface area contributed by atoms with Crippen molar-refractivity contribution in [3.05, 3.63) is 41.4 Å². The van der Waals surface area contributed by atoms with Crippen LogP contribution in [0.4, 0.5) is 11.8 Å². The summed E-state index contributed by atoms with van der Waals surface area (Å²) in [6.45, 7) is 5.06.